The number of ether oxygens (including phenoxy) is 1. The number of rotatable bonds is 12. The molecule has 0 radical (unpaired) electrons. The van der Waals surface area contributed by atoms with Gasteiger partial charge in [-0.2, -0.15) is 13.2 Å². The number of nitrogens with two attached hydrogens (primary N) is 1. The third-order valence-electron chi connectivity index (χ3n) is 4.78. The van der Waals surface area contributed by atoms with Crippen LogP contribution in [-0.2, 0) is 28.1 Å². The van der Waals surface area contributed by atoms with Crippen LogP contribution in [0.5, 0.6) is 5.75 Å². The van der Waals surface area contributed by atoms with Gasteiger partial charge in [-0.15, -0.1) is 4.52 Å². The van der Waals surface area contributed by atoms with Crippen molar-refractivity contribution < 1.29 is 32.1 Å². The lowest BCUT2D eigenvalue weighted by molar-refractivity contribution is -0.139. The molecule has 5 nitrogen and oxygen atoms in total. The molecule has 0 heterocycles. The summed E-state index contributed by atoms with van der Waals surface area (Å²) >= 11 is 11.9. The number of benzene rings is 2. The number of hydrogen-bond donors (Lipinski definition) is 2. The zero-order valence-corrected chi connectivity index (χ0v) is 19.6. The summed E-state index contributed by atoms with van der Waals surface area (Å²) in [4.78, 5) is 0. The van der Waals surface area contributed by atoms with Crippen molar-refractivity contribution in [1.82, 2.24) is 0 Å². The lowest BCUT2D eigenvalue weighted by atomic mass is 9.93. The topological polar surface area (TPSA) is 81.8 Å². The van der Waals surface area contributed by atoms with Crippen molar-refractivity contribution in [3.8, 4) is 5.75 Å². The van der Waals surface area contributed by atoms with Crippen molar-refractivity contribution in [2.75, 3.05) is 19.8 Å². The van der Waals surface area contributed by atoms with Gasteiger partial charge in [0.15, 0.2) is 0 Å². The van der Waals surface area contributed by atoms with E-state index < -0.39 is 32.6 Å². The molecule has 2 unspecified atom stereocenters. The van der Waals surface area contributed by atoms with Crippen LogP contribution in [0.25, 0.3) is 0 Å². The molecule has 0 aromatic heterocycles. The fourth-order valence-corrected chi connectivity index (χ4v) is 3.97. The van der Waals surface area contributed by atoms with Gasteiger partial charge in [0.2, 0.25) is 0 Å². The first kappa shape index (κ1) is 26.8. The van der Waals surface area contributed by atoms with Crippen LogP contribution in [0, 0.1) is 0 Å². The zero-order chi connectivity index (χ0) is 23.8. The van der Waals surface area contributed by atoms with Crippen molar-refractivity contribution >= 4 is 31.9 Å². The zero-order valence-electron chi connectivity index (χ0n) is 17.1. The first-order valence-corrected chi connectivity index (χ1v) is 11.3. The minimum atomic E-state index is -4.60. The second-order valence-electron chi connectivity index (χ2n) is 7.45. The van der Waals surface area contributed by atoms with Crippen LogP contribution < -0.4 is 10.5 Å². The lowest BCUT2D eigenvalue weighted by Gasteiger charge is -2.24. The molecule has 2 atom stereocenters. The van der Waals surface area contributed by atoms with Gasteiger partial charge >= 0.3 is 14.9 Å². The molecule has 2 aromatic rings. The Hall–Kier alpha value is -1.41. The van der Waals surface area contributed by atoms with Gasteiger partial charge in [-0.3, -0.25) is 0 Å². The Balaban J connectivity index is 2.02. The lowest BCUT2D eigenvalue weighted by Crippen LogP contribution is -2.47. The number of aliphatic hydroxyl groups is 1. The minimum absolute atomic E-state index is 0.0797. The number of hydrogen-bond acceptors (Lipinski definition) is 5. The van der Waals surface area contributed by atoms with Gasteiger partial charge in [0.25, 0.3) is 0 Å². The number of aliphatic hydroxyl groups excluding tert-OH is 1. The van der Waals surface area contributed by atoms with Gasteiger partial charge in [0.1, 0.15) is 12.4 Å². The third kappa shape index (κ3) is 8.50. The smallest absolute Gasteiger partial charge is 0.493 e. The van der Waals surface area contributed by atoms with E-state index in [1.807, 2.05) is 0 Å². The van der Waals surface area contributed by atoms with E-state index in [9.17, 15) is 22.8 Å². The highest BCUT2D eigenvalue weighted by Crippen LogP contribution is 2.37. The van der Waals surface area contributed by atoms with Crippen LogP contribution in [0.1, 0.15) is 29.5 Å². The molecule has 176 valence electrons. The molecule has 0 aliphatic rings. The SMILES string of the molecule is NC(CO)(CCc1ccc(OCCCc2cc(Cl)cc(Cl)c2)c(C(F)(F)F)c1)CO[PH+]=O. The summed E-state index contributed by atoms with van der Waals surface area (Å²) in [7, 11) is -1.04. The van der Waals surface area contributed by atoms with Crippen LogP contribution in [-0.4, -0.2) is 30.5 Å². The fraction of sp³-hybridized carbons (Fsp3) is 0.429. The predicted octanol–water partition coefficient (Wildman–Crippen LogP) is 5.60. The molecule has 2 rings (SSSR count). The summed E-state index contributed by atoms with van der Waals surface area (Å²) in [5, 5.41) is 10.4. The first-order chi connectivity index (χ1) is 15.1. The van der Waals surface area contributed by atoms with Crippen LogP contribution in [0.2, 0.25) is 10.0 Å². The summed E-state index contributed by atoms with van der Waals surface area (Å²) in [5.41, 5.74) is 5.12. The first-order valence-electron chi connectivity index (χ1n) is 9.73. The Labute approximate surface area is 195 Å². The van der Waals surface area contributed by atoms with Crippen molar-refractivity contribution in [1.29, 1.82) is 0 Å². The van der Waals surface area contributed by atoms with Gasteiger partial charge in [-0.05, 0) is 71.7 Å². The van der Waals surface area contributed by atoms with Crippen LogP contribution >= 0.6 is 31.9 Å². The summed E-state index contributed by atoms with van der Waals surface area (Å²) in [6.07, 6.45) is -3.27. The monoisotopic (exact) mass is 512 g/mol. The van der Waals surface area contributed by atoms with Gasteiger partial charge < -0.3 is 15.6 Å². The van der Waals surface area contributed by atoms with E-state index >= 15 is 0 Å². The molecule has 0 amide bonds. The van der Waals surface area contributed by atoms with Crippen LogP contribution in [0.15, 0.2) is 36.4 Å². The molecule has 0 fully saturated rings. The Kier molecular flexibility index (Phi) is 10.2. The standard InChI is InChI=1S/C21H24Cl2F3NO4P/c22-16-8-15(9-17(23)11-16)2-1-7-30-19-4-3-14(10-18(19)21(24,25)26)5-6-20(27,12-28)13-31-32-29/h3-4,8-11,28,32H,1-2,5-7,12-13,27H2/q+1. The average Bonchev–Trinajstić information content (AvgIpc) is 2.73. The van der Waals surface area contributed by atoms with Crippen LogP contribution in [0.4, 0.5) is 13.2 Å². The van der Waals surface area contributed by atoms with Crippen molar-refractivity contribution in [2.24, 2.45) is 5.73 Å². The van der Waals surface area contributed by atoms with Crippen molar-refractivity contribution in [3.63, 3.8) is 0 Å². The minimum Gasteiger partial charge on any atom is -0.493 e. The Morgan fingerprint density at radius 2 is 1.72 bits per heavy atom. The molecule has 0 saturated carbocycles. The quantitative estimate of drug-likeness (QED) is 0.285. The second kappa shape index (κ2) is 12.2. The van der Waals surface area contributed by atoms with E-state index in [1.54, 1.807) is 18.2 Å². The van der Waals surface area contributed by atoms with Crippen molar-refractivity contribution in [3.05, 3.63) is 63.1 Å². The van der Waals surface area contributed by atoms with E-state index in [1.165, 1.54) is 12.1 Å². The predicted molar refractivity (Wildman–Crippen MR) is 119 cm³/mol. The fourth-order valence-electron chi connectivity index (χ4n) is 3.06. The molecule has 0 saturated heterocycles. The molecule has 32 heavy (non-hydrogen) atoms. The third-order valence-corrected chi connectivity index (χ3v) is 5.48. The van der Waals surface area contributed by atoms with Crippen LogP contribution in [0.3, 0.4) is 0 Å². The van der Waals surface area contributed by atoms with E-state index in [0.29, 0.717) is 28.5 Å². The van der Waals surface area contributed by atoms with E-state index in [4.69, 9.17) is 38.2 Å². The summed E-state index contributed by atoms with van der Waals surface area (Å²) in [6, 6.07) is 8.91. The van der Waals surface area contributed by atoms with Gasteiger partial charge in [0, 0.05) is 10.0 Å². The summed E-state index contributed by atoms with van der Waals surface area (Å²) < 4.78 is 61.4. The van der Waals surface area contributed by atoms with Gasteiger partial charge in [0.05, 0.1) is 24.3 Å². The highest BCUT2D eigenvalue weighted by Gasteiger charge is 2.35. The summed E-state index contributed by atoms with van der Waals surface area (Å²) in [6.45, 7) is -0.546. The summed E-state index contributed by atoms with van der Waals surface area (Å²) in [5.74, 6) is -0.262. The van der Waals surface area contributed by atoms with Crippen molar-refractivity contribution in [2.45, 2.75) is 37.4 Å². The highest BCUT2D eigenvalue weighted by atomic mass is 35.5. The van der Waals surface area contributed by atoms with E-state index in [0.717, 1.165) is 11.6 Å². The molecule has 11 heteroatoms. The molecular weight excluding hydrogens is 489 g/mol. The number of aryl methyl sites for hydroxylation is 2. The maximum absolute atomic E-state index is 13.6. The second-order valence-corrected chi connectivity index (χ2v) is 8.78. The van der Waals surface area contributed by atoms with E-state index in [-0.39, 0.29) is 31.8 Å². The maximum Gasteiger partial charge on any atom is 0.494 e. The highest BCUT2D eigenvalue weighted by molar-refractivity contribution is 7.17. The average molecular weight is 513 g/mol. The Morgan fingerprint density at radius 1 is 1.03 bits per heavy atom. The number of halogens is 5. The van der Waals surface area contributed by atoms with E-state index in [2.05, 4.69) is 0 Å². The number of alkyl halides is 3. The molecule has 3 N–H and O–H groups in total. The Morgan fingerprint density at radius 3 is 2.31 bits per heavy atom. The van der Waals surface area contributed by atoms with Gasteiger partial charge in [-0.1, -0.05) is 29.3 Å². The molecular formula is C21H24Cl2F3NO4P+. The normalized spacial score (nSPS) is 13.8. The Bertz CT molecular complexity index is 897. The molecule has 0 bridgehead atoms. The largest absolute Gasteiger partial charge is 0.494 e. The maximum atomic E-state index is 13.6. The van der Waals surface area contributed by atoms with Gasteiger partial charge in [-0.25, -0.2) is 0 Å². The molecule has 0 spiro atoms. The molecule has 0 aliphatic carbocycles. The molecule has 2 aromatic carbocycles. The molecule has 0 aliphatic heterocycles.